The largest absolute Gasteiger partial charge is 0.369 e. The van der Waals surface area contributed by atoms with Crippen molar-refractivity contribution in [3.63, 3.8) is 0 Å². The first kappa shape index (κ1) is 16.4. The highest BCUT2D eigenvalue weighted by atomic mass is 35.5. The molecular formula is C19H25ClN2O2. The van der Waals surface area contributed by atoms with Crippen molar-refractivity contribution in [2.24, 2.45) is 11.3 Å². The average Bonchev–Trinajstić information content (AvgIpc) is 3.29. The van der Waals surface area contributed by atoms with Crippen molar-refractivity contribution in [1.82, 2.24) is 10.2 Å². The van der Waals surface area contributed by atoms with Crippen LogP contribution in [-0.2, 0) is 9.53 Å². The summed E-state index contributed by atoms with van der Waals surface area (Å²) in [4.78, 5) is 15.2. The molecule has 1 aromatic carbocycles. The summed E-state index contributed by atoms with van der Waals surface area (Å²) in [6.45, 7) is 5.35. The number of nitrogens with one attached hydrogen (secondary N) is 1. The maximum Gasteiger partial charge on any atom is 0.226 e. The molecule has 5 heteroatoms. The fourth-order valence-electron chi connectivity index (χ4n) is 4.36. The van der Waals surface area contributed by atoms with Crippen LogP contribution in [0.4, 0.5) is 0 Å². The van der Waals surface area contributed by atoms with Crippen LogP contribution in [0.2, 0.25) is 5.02 Å². The summed E-state index contributed by atoms with van der Waals surface area (Å²) in [7, 11) is 0. The lowest BCUT2D eigenvalue weighted by Crippen LogP contribution is -2.49. The lowest BCUT2D eigenvalue weighted by Gasteiger charge is -2.39. The van der Waals surface area contributed by atoms with Crippen LogP contribution in [0.15, 0.2) is 24.3 Å². The summed E-state index contributed by atoms with van der Waals surface area (Å²) in [5.41, 5.74) is 1.26. The molecule has 4 nitrogen and oxygen atoms in total. The SMILES string of the molecule is CC1COC(c2ccccc2Cl)CN1C(=O)C1CC12CCNCC2. The minimum absolute atomic E-state index is 0.124. The standard InChI is InChI=1S/C19H25ClN2O2/c1-13-12-24-17(14-4-2-3-5-16(14)20)11-22(13)18(23)15-10-19(15)6-8-21-9-7-19/h2-5,13,15,17,21H,6-12H2,1H3. The first-order valence-corrected chi connectivity index (χ1v) is 9.36. The van der Waals surface area contributed by atoms with Crippen molar-refractivity contribution in [3.8, 4) is 0 Å². The number of carbonyl (C=O) groups excluding carboxylic acids is 1. The molecule has 3 aliphatic rings. The van der Waals surface area contributed by atoms with Crippen LogP contribution >= 0.6 is 11.6 Å². The van der Waals surface area contributed by atoms with E-state index in [1.807, 2.05) is 29.2 Å². The second-order valence-electron chi connectivity index (χ2n) is 7.55. The maximum absolute atomic E-state index is 13.1. The Kier molecular flexibility index (Phi) is 4.31. The van der Waals surface area contributed by atoms with Gasteiger partial charge in [-0.3, -0.25) is 4.79 Å². The van der Waals surface area contributed by atoms with Crippen molar-refractivity contribution in [2.45, 2.75) is 38.3 Å². The molecule has 0 radical (unpaired) electrons. The second-order valence-corrected chi connectivity index (χ2v) is 7.96. The molecule has 1 N–H and O–H groups in total. The van der Waals surface area contributed by atoms with Gasteiger partial charge in [0.1, 0.15) is 6.10 Å². The number of hydrogen-bond acceptors (Lipinski definition) is 3. The summed E-state index contributed by atoms with van der Waals surface area (Å²) in [5.74, 6) is 0.539. The van der Waals surface area contributed by atoms with E-state index >= 15 is 0 Å². The molecule has 1 aromatic rings. The summed E-state index contributed by atoms with van der Waals surface area (Å²) >= 11 is 6.32. The number of hydrogen-bond donors (Lipinski definition) is 1. The van der Waals surface area contributed by atoms with E-state index < -0.39 is 0 Å². The Hall–Kier alpha value is -1.10. The van der Waals surface area contributed by atoms with Crippen molar-refractivity contribution < 1.29 is 9.53 Å². The normalized spacial score (nSPS) is 31.9. The number of carbonyl (C=O) groups is 1. The second kappa shape index (κ2) is 6.32. The Morgan fingerprint density at radius 1 is 1.33 bits per heavy atom. The molecule has 3 fully saturated rings. The van der Waals surface area contributed by atoms with Gasteiger partial charge in [0.15, 0.2) is 0 Å². The van der Waals surface area contributed by atoms with Gasteiger partial charge in [0.25, 0.3) is 0 Å². The zero-order valence-corrected chi connectivity index (χ0v) is 14.9. The minimum atomic E-state index is -0.124. The molecule has 1 aliphatic carbocycles. The molecule has 1 saturated carbocycles. The zero-order valence-electron chi connectivity index (χ0n) is 14.1. The number of benzene rings is 1. The van der Waals surface area contributed by atoms with E-state index in [2.05, 4.69) is 12.2 Å². The topological polar surface area (TPSA) is 41.6 Å². The molecule has 0 aromatic heterocycles. The van der Waals surface area contributed by atoms with Crippen LogP contribution < -0.4 is 5.32 Å². The number of rotatable bonds is 2. The van der Waals surface area contributed by atoms with Crippen LogP contribution in [0, 0.1) is 11.3 Å². The van der Waals surface area contributed by atoms with E-state index in [1.165, 1.54) is 0 Å². The van der Waals surface area contributed by atoms with Gasteiger partial charge in [-0.05, 0) is 50.8 Å². The van der Waals surface area contributed by atoms with Crippen LogP contribution in [0.1, 0.15) is 37.9 Å². The van der Waals surface area contributed by atoms with Gasteiger partial charge < -0.3 is 15.0 Å². The number of halogens is 1. The zero-order chi connectivity index (χ0) is 16.7. The van der Waals surface area contributed by atoms with Crippen molar-refractivity contribution in [2.75, 3.05) is 26.2 Å². The van der Waals surface area contributed by atoms with E-state index in [4.69, 9.17) is 16.3 Å². The van der Waals surface area contributed by atoms with Crippen molar-refractivity contribution in [3.05, 3.63) is 34.9 Å². The highest BCUT2D eigenvalue weighted by Crippen LogP contribution is 2.59. The molecular weight excluding hydrogens is 324 g/mol. The predicted octanol–water partition coefficient (Wildman–Crippen LogP) is 3.02. The van der Waals surface area contributed by atoms with Crippen LogP contribution in [0.5, 0.6) is 0 Å². The van der Waals surface area contributed by atoms with Gasteiger partial charge in [-0.2, -0.15) is 0 Å². The van der Waals surface area contributed by atoms with Crippen LogP contribution in [0.3, 0.4) is 0 Å². The number of ether oxygens (including phenoxy) is 1. The molecule has 1 amide bonds. The molecule has 3 unspecified atom stereocenters. The third-order valence-corrected chi connectivity index (χ3v) is 6.40. The highest BCUT2D eigenvalue weighted by Gasteiger charge is 2.59. The Bertz CT molecular complexity index is 630. The Morgan fingerprint density at radius 2 is 2.08 bits per heavy atom. The van der Waals surface area contributed by atoms with Gasteiger partial charge >= 0.3 is 0 Å². The third-order valence-electron chi connectivity index (χ3n) is 6.06. The van der Waals surface area contributed by atoms with E-state index in [0.717, 1.165) is 37.9 Å². The van der Waals surface area contributed by atoms with Gasteiger partial charge in [0, 0.05) is 16.5 Å². The lowest BCUT2D eigenvalue weighted by atomic mass is 9.91. The Balaban J connectivity index is 1.48. The molecule has 0 bridgehead atoms. The number of morpholine rings is 1. The van der Waals surface area contributed by atoms with Gasteiger partial charge in [-0.15, -0.1) is 0 Å². The third kappa shape index (κ3) is 2.85. The molecule has 2 saturated heterocycles. The average molecular weight is 349 g/mol. The molecule has 2 heterocycles. The van der Waals surface area contributed by atoms with Crippen molar-refractivity contribution in [1.29, 1.82) is 0 Å². The predicted molar refractivity (Wildman–Crippen MR) is 94.0 cm³/mol. The first-order valence-electron chi connectivity index (χ1n) is 8.98. The lowest BCUT2D eigenvalue weighted by molar-refractivity contribution is -0.147. The Labute approximate surface area is 148 Å². The van der Waals surface area contributed by atoms with Crippen molar-refractivity contribution >= 4 is 17.5 Å². The van der Waals surface area contributed by atoms with E-state index in [9.17, 15) is 4.79 Å². The minimum Gasteiger partial charge on any atom is -0.369 e. The maximum atomic E-state index is 13.1. The monoisotopic (exact) mass is 348 g/mol. The molecule has 24 heavy (non-hydrogen) atoms. The van der Waals surface area contributed by atoms with Gasteiger partial charge in [0.2, 0.25) is 5.91 Å². The fourth-order valence-corrected chi connectivity index (χ4v) is 4.62. The molecule has 130 valence electrons. The van der Waals surface area contributed by atoms with Gasteiger partial charge in [-0.1, -0.05) is 29.8 Å². The number of nitrogens with zero attached hydrogens (tertiary/aromatic N) is 1. The molecule has 4 rings (SSSR count). The quantitative estimate of drug-likeness (QED) is 0.893. The summed E-state index contributed by atoms with van der Waals surface area (Å²) in [5, 5.41) is 4.12. The first-order chi connectivity index (χ1) is 11.6. The van der Waals surface area contributed by atoms with Gasteiger partial charge in [0.05, 0.1) is 19.2 Å². The van der Waals surface area contributed by atoms with E-state index in [1.54, 1.807) is 0 Å². The molecule has 3 atom stereocenters. The molecule has 2 aliphatic heterocycles. The highest BCUT2D eigenvalue weighted by molar-refractivity contribution is 6.31. The summed E-state index contributed by atoms with van der Waals surface area (Å²) in [6, 6.07) is 7.91. The van der Waals surface area contributed by atoms with Crippen LogP contribution in [-0.4, -0.2) is 43.1 Å². The number of piperidine rings is 1. The summed E-state index contributed by atoms with van der Waals surface area (Å²) < 4.78 is 5.99. The van der Waals surface area contributed by atoms with E-state index in [-0.39, 0.29) is 23.5 Å². The smallest absolute Gasteiger partial charge is 0.226 e. The number of amides is 1. The Morgan fingerprint density at radius 3 is 2.83 bits per heavy atom. The van der Waals surface area contributed by atoms with E-state index in [0.29, 0.717) is 24.1 Å². The van der Waals surface area contributed by atoms with Crippen LogP contribution in [0.25, 0.3) is 0 Å². The molecule has 1 spiro atoms. The van der Waals surface area contributed by atoms with Gasteiger partial charge in [-0.25, -0.2) is 0 Å². The fraction of sp³-hybridized carbons (Fsp3) is 0.632. The summed E-state index contributed by atoms with van der Waals surface area (Å²) in [6.07, 6.45) is 3.21.